The van der Waals surface area contributed by atoms with Crippen LogP contribution in [0.2, 0.25) is 0 Å². The van der Waals surface area contributed by atoms with Crippen LogP contribution in [0.25, 0.3) is 0 Å². The molecule has 2 N–H and O–H groups in total. The molecule has 0 radical (unpaired) electrons. The second kappa shape index (κ2) is 2.35. The van der Waals surface area contributed by atoms with E-state index in [9.17, 15) is 8.42 Å². The molecule has 0 spiro atoms. The van der Waals surface area contributed by atoms with Crippen LogP contribution in [0.4, 0.5) is 0 Å². The summed E-state index contributed by atoms with van der Waals surface area (Å²) >= 11 is 0. The first-order valence-corrected chi connectivity index (χ1v) is 4.55. The smallest absolute Gasteiger partial charge is 0.271 e. The molecule has 62 valence electrons. The second-order valence-corrected chi connectivity index (χ2v) is 3.84. The third kappa shape index (κ3) is 1.44. The maximum Gasteiger partial charge on any atom is 0.271 e. The second-order valence-electron chi connectivity index (χ2n) is 2.38. The summed E-state index contributed by atoms with van der Waals surface area (Å²) in [5.74, 6) is 0. The lowest BCUT2D eigenvalue weighted by Gasteiger charge is -1.92. The molecule has 5 heteroatoms. The third-order valence-corrected chi connectivity index (χ3v) is 2.42. The predicted octanol–water partition coefficient (Wildman–Crippen LogP) is 0.544. The summed E-state index contributed by atoms with van der Waals surface area (Å²) in [6.07, 6.45) is 1.37. The van der Waals surface area contributed by atoms with Crippen molar-refractivity contribution in [1.82, 2.24) is 0 Å². The van der Waals surface area contributed by atoms with Crippen molar-refractivity contribution in [2.45, 2.75) is 18.9 Å². The van der Waals surface area contributed by atoms with E-state index in [-0.39, 0.29) is 5.09 Å². The largest absolute Gasteiger partial charge is 0.451 e. The number of aryl methyl sites for hydroxylation is 1. The Kier molecular flexibility index (Phi) is 1.77. The number of furan rings is 1. The lowest BCUT2D eigenvalue weighted by atomic mass is 10.2. The molecule has 4 nitrogen and oxygen atoms in total. The van der Waals surface area contributed by atoms with Crippen molar-refractivity contribution >= 4 is 10.0 Å². The van der Waals surface area contributed by atoms with E-state index in [1.807, 2.05) is 0 Å². The van der Waals surface area contributed by atoms with Crippen molar-refractivity contribution < 1.29 is 12.8 Å². The van der Waals surface area contributed by atoms with Crippen LogP contribution in [-0.4, -0.2) is 8.42 Å². The summed E-state index contributed by atoms with van der Waals surface area (Å²) < 4.78 is 26.2. The molecule has 0 unspecified atom stereocenters. The SMILES string of the molecule is Cc1coc(S(N)(=O)=O)c1C. The van der Waals surface area contributed by atoms with Crippen LogP contribution < -0.4 is 5.14 Å². The van der Waals surface area contributed by atoms with Gasteiger partial charge < -0.3 is 4.42 Å². The Morgan fingerprint density at radius 3 is 2.18 bits per heavy atom. The molecule has 1 aromatic heterocycles. The first kappa shape index (κ1) is 8.29. The number of rotatable bonds is 1. The van der Waals surface area contributed by atoms with Crippen LogP contribution in [0, 0.1) is 13.8 Å². The van der Waals surface area contributed by atoms with E-state index in [1.54, 1.807) is 13.8 Å². The maximum absolute atomic E-state index is 10.8. The highest BCUT2D eigenvalue weighted by Crippen LogP contribution is 2.18. The summed E-state index contributed by atoms with van der Waals surface area (Å²) in [4.78, 5) is 0. The topological polar surface area (TPSA) is 73.3 Å². The quantitative estimate of drug-likeness (QED) is 0.677. The number of sulfonamides is 1. The fourth-order valence-electron chi connectivity index (χ4n) is 0.760. The highest BCUT2D eigenvalue weighted by Gasteiger charge is 2.16. The molecule has 0 saturated carbocycles. The Balaban J connectivity index is 3.38. The first-order valence-electron chi connectivity index (χ1n) is 3.00. The molecule has 0 aliphatic carbocycles. The molecule has 11 heavy (non-hydrogen) atoms. The summed E-state index contributed by atoms with van der Waals surface area (Å²) in [6.45, 7) is 3.41. The number of hydrogen-bond donors (Lipinski definition) is 1. The van der Waals surface area contributed by atoms with Gasteiger partial charge in [0.05, 0.1) is 6.26 Å². The van der Waals surface area contributed by atoms with Crippen LogP contribution in [-0.2, 0) is 10.0 Å². The normalized spacial score (nSPS) is 11.9. The summed E-state index contributed by atoms with van der Waals surface area (Å²) in [7, 11) is -3.68. The Morgan fingerprint density at radius 2 is 2.00 bits per heavy atom. The molecular weight excluding hydrogens is 166 g/mol. The van der Waals surface area contributed by atoms with Gasteiger partial charge in [-0.2, -0.15) is 0 Å². The van der Waals surface area contributed by atoms with E-state index < -0.39 is 10.0 Å². The van der Waals surface area contributed by atoms with Crippen molar-refractivity contribution in [2.24, 2.45) is 5.14 Å². The van der Waals surface area contributed by atoms with Gasteiger partial charge in [-0.25, -0.2) is 13.6 Å². The minimum atomic E-state index is -3.68. The van der Waals surface area contributed by atoms with Crippen LogP contribution >= 0.6 is 0 Å². The van der Waals surface area contributed by atoms with Crippen molar-refractivity contribution in [3.8, 4) is 0 Å². The molecule has 0 amide bonds. The van der Waals surface area contributed by atoms with Gasteiger partial charge in [0.25, 0.3) is 10.0 Å². The van der Waals surface area contributed by atoms with Crippen molar-refractivity contribution in [3.05, 3.63) is 17.4 Å². The summed E-state index contributed by atoms with van der Waals surface area (Å²) in [6, 6.07) is 0. The van der Waals surface area contributed by atoms with Crippen LogP contribution in [0.1, 0.15) is 11.1 Å². The van der Waals surface area contributed by atoms with Gasteiger partial charge in [0, 0.05) is 5.56 Å². The third-order valence-electron chi connectivity index (χ3n) is 1.50. The lowest BCUT2D eigenvalue weighted by molar-refractivity contribution is 0.446. The molecule has 0 aromatic carbocycles. The fourth-order valence-corrected chi connectivity index (χ4v) is 1.53. The van der Waals surface area contributed by atoms with E-state index in [2.05, 4.69) is 0 Å². The Bertz CT molecular complexity index is 363. The van der Waals surface area contributed by atoms with Crippen LogP contribution in [0.3, 0.4) is 0 Å². The van der Waals surface area contributed by atoms with Gasteiger partial charge in [0.1, 0.15) is 0 Å². The van der Waals surface area contributed by atoms with Gasteiger partial charge in [-0.1, -0.05) is 0 Å². The number of nitrogens with two attached hydrogens (primary N) is 1. The standard InChI is InChI=1S/C6H9NO3S/c1-4-3-10-6(5(4)2)11(7,8)9/h3H,1-2H3,(H2,7,8,9). The summed E-state index contributed by atoms with van der Waals surface area (Å²) in [5.41, 5.74) is 1.36. The average molecular weight is 175 g/mol. The van der Waals surface area contributed by atoms with E-state index in [4.69, 9.17) is 9.56 Å². The molecule has 0 atom stereocenters. The highest BCUT2D eigenvalue weighted by atomic mass is 32.2. The molecule has 0 fully saturated rings. The molecule has 0 bridgehead atoms. The Labute approximate surface area is 65.1 Å². The van der Waals surface area contributed by atoms with Crippen LogP contribution in [0.5, 0.6) is 0 Å². The maximum atomic E-state index is 10.8. The lowest BCUT2D eigenvalue weighted by Crippen LogP contribution is -2.12. The number of hydrogen-bond acceptors (Lipinski definition) is 3. The molecular formula is C6H9NO3S. The average Bonchev–Trinajstić information content (AvgIpc) is 2.11. The van der Waals surface area contributed by atoms with Gasteiger partial charge in [0.2, 0.25) is 5.09 Å². The van der Waals surface area contributed by atoms with Crippen molar-refractivity contribution in [3.63, 3.8) is 0 Å². The molecule has 1 aromatic rings. The minimum absolute atomic E-state index is 0.144. The van der Waals surface area contributed by atoms with Gasteiger partial charge in [-0.3, -0.25) is 0 Å². The van der Waals surface area contributed by atoms with Crippen LogP contribution in [0.15, 0.2) is 15.8 Å². The van der Waals surface area contributed by atoms with E-state index in [1.165, 1.54) is 6.26 Å². The Morgan fingerprint density at radius 1 is 1.45 bits per heavy atom. The molecule has 1 rings (SSSR count). The van der Waals surface area contributed by atoms with Crippen molar-refractivity contribution in [2.75, 3.05) is 0 Å². The van der Waals surface area contributed by atoms with Crippen molar-refractivity contribution in [1.29, 1.82) is 0 Å². The van der Waals surface area contributed by atoms with E-state index >= 15 is 0 Å². The fraction of sp³-hybridized carbons (Fsp3) is 0.333. The van der Waals surface area contributed by atoms with E-state index in [0.29, 0.717) is 5.56 Å². The summed E-state index contributed by atoms with van der Waals surface area (Å²) in [5, 5.41) is 4.71. The zero-order valence-corrected chi connectivity index (χ0v) is 7.10. The van der Waals surface area contributed by atoms with Gasteiger partial charge in [-0.15, -0.1) is 0 Å². The molecule has 1 heterocycles. The van der Waals surface area contributed by atoms with E-state index in [0.717, 1.165) is 5.56 Å². The first-order chi connectivity index (χ1) is 4.93. The molecule has 0 aliphatic rings. The molecule has 0 saturated heterocycles. The van der Waals surface area contributed by atoms with Gasteiger partial charge in [-0.05, 0) is 19.4 Å². The zero-order chi connectivity index (χ0) is 8.65. The molecule has 0 aliphatic heterocycles. The van der Waals surface area contributed by atoms with Gasteiger partial charge in [0.15, 0.2) is 0 Å². The monoisotopic (exact) mass is 175 g/mol. The number of primary sulfonamides is 1. The Hall–Kier alpha value is -0.810. The zero-order valence-electron chi connectivity index (χ0n) is 6.29. The highest BCUT2D eigenvalue weighted by molar-refractivity contribution is 7.89. The predicted molar refractivity (Wildman–Crippen MR) is 39.6 cm³/mol. The van der Waals surface area contributed by atoms with Gasteiger partial charge >= 0.3 is 0 Å². The minimum Gasteiger partial charge on any atom is -0.451 e.